The number of allylic oxidation sites excluding steroid dienone is 1. The molecule has 0 aromatic heterocycles. The van der Waals surface area contributed by atoms with E-state index in [0.29, 0.717) is 11.3 Å². The molecular formula is C34H58O5. The van der Waals surface area contributed by atoms with Crippen molar-refractivity contribution in [3.63, 3.8) is 0 Å². The minimum absolute atomic E-state index is 0.00689. The maximum absolute atomic E-state index is 10.5. The van der Waals surface area contributed by atoms with Crippen LogP contribution in [0.5, 0.6) is 0 Å². The van der Waals surface area contributed by atoms with E-state index in [-0.39, 0.29) is 18.1 Å². The summed E-state index contributed by atoms with van der Waals surface area (Å²) in [4.78, 5) is 0. The molecule has 0 aromatic rings. The number of aliphatic hydroxyl groups excluding tert-OH is 3. The summed E-state index contributed by atoms with van der Waals surface area (Å²) >= 11 is 0. The van der Waals surface area contributed by atoms with Crippen molar-refractivity contribution in [3.8, 4) is 0 Å². The molecule has 5 rings (SSSR count). The van der Waals surface area contributed by atoms with Crippen molar-refractivity contribution >= 4 is 0 Å². The van der Waals surface area contributed by atoms with Crippen molar-refractivity contribution in [1.29, 1.82) is 0 Å². The highest BCUT2D eigenvalue weighted by atomic mass is 16.7. The van der Waals surface area contributed by atoms with Gasteiger partial charge in [-0.15, -0.1) is 0 Å². The van der Waals surface area contributed by atoms with Gasteiger partial charge in [0.25, 0.3) is 0 Å². The van der Waals surface area contributed by atoms with E-state index in [9.17, 15) is 15.3 Å². The Hall–Kier alpha value is -0.460. The smallest absolute Gasteiger partial charge is 0.186 e. The first-order valence-electron chi connectivity index (χ1n) is 16.5. The lowest BCUT2D eigenvalue weighted by atomic mass is 9.46. The number of fused-ring (bicyclic) bond motifs is 5. The first-order chi connectivity index (χ1) is 18.5. The number of aliphatic hydroxyl groups is 3. The van der Waals surface area contributed by atoms with Gasteiger partial charge in [-0.05, 0) is 116 Å². The molecule has 39 heavy (non-hydrogen) atoms. The molecule has 4 fully saturated rings. The molecular weight excluding hydrogens is 488 g/mol. The number of hydrogen-bond acceptors (Lipinski definition) is 5. The fraction of sp³-hybridized carbons (Fsp3) is 0.941. The van der Waals surface area contributed by atoms with Crippen molar-refractivity contribution in [3.05, 3.63) is 11.6 Å². The van der Waals surface area contributed by atoms with Gasteiger partial charge in [-0.2, -0.15) is 0 Å². The summed E-state index contributed by atoms with van der Waals surface area (Å²) < 4.78 is 12.0. The molecule has 5 nitrogen and oxygen atoms in total. The Bertz CT molecular complexity index is 872. The molecule has 1 heterocycles. The standard InChI is InChI=1S/C34H58O5/c1-7-22(20(2)3)11-10-21(4)24-14-15-25-23-12-13-27-29(39-32-31(37)30(36)28(35)19-38-32)9-8-17-33(27,5)26(23)16-18-34(24,25)6/h13,20-26,28-32,35-37H,7-12,14-19H2,1-6H3. The third kappa shape index (κ3) is 5.31. The lowest BCUT2D eigenvalue weighted by Gasteiger charge is -2.59. The molecule has 5 aliphatic rings. The summed E-state index contributed by atoms with van der Waals surface area (Å²) in [6.07, 6.45) is 12.0. The van der Waals surface area contributed by atoms with Crippen LogP contribution in [0.15, 0.2) is 11.6 Å². The molecule has 13 atom stereocenters. The molecule has 3 saturated carbocycles. The van der Waals surface area contributed by atoms with Crippen molar-refractivity contribution in [1.82, 2.24) is 0 Å². The fourth-order valence-corrected chi connectivity index (χ4v) is 10.6. The van der Waals surface area contributed by atoms with E-state index in [0.717, 1.165) is 54.8 Å². The van der Waals surface area contributed by atoms with Gasteiger partial charge in [0.2, 0.25) is 0 Å². The van der Waals surface area contributed by atoms with E-state index in [4.69, 9.17) is 9.47 Å². The van der Waals surface area contributed by atoms with Gasteiger partial charge in [0.15, 0.2) is 6.29 Å². The molecule has 1 aliphatic heterocycles. The fourth-order valence-electron chi connectivity index (χ4n) is 10.6. The second-order valence-corrected chi connectivity index (χ2v) is 15.2. The Kier molecular flexibility index (Phi) is 8.98. The minimum atomic E-state index is -1.23. The van der Waals surface area contributed by atoms with Crippen LogP contribution >= 0.6 is 0 Å². The summed E-state index contributed by atoms with van der Waals surface area (Å²) in [5, 5.41) is 30.6. The van der Waals surface area contributed by atoms with Gasteiger partial charge in [-0.3, -0.25) is 0 Å². The van der Waals surface area contributed by atoms with Gasteiger partial charge in [0.05, 0.1) is 12.7 Å². The Morgan fingerprint density at radius 3 is 2.46 bits per heavy atom. The highest BCUT2D eigenvalue weighted by Crippen LogP contribution is 2.67. The molecule has 5 heteroatoms. The maximum Gasteiger partial charge on any atom is 0.186 e. The van der Waals surface area contributed by atoms with Crippen LogP contribution in [-0.4, -0.2) is 52.6 Å². The Morgan fingerprint density at radius 2 is 1.74 bits per heavy atom. The number of ether oxygens (including phenoxy) is 2. The van der Waals surface area contributed by atoms with Crippen LogP contribution in [0, 0.1) is 52.3 Å². The van der Waals surface area contributed by atoms with E-state index in [1.165, 1.54) is 56.9 Å². The van der Waals surface area contributed by atoms with Gasteiger partial charge < -0.3 is 24.8 Å². The van der Waals surface area contributed by atoms with E-state index in [1.54, 1.807) is 0 Å². The van der Waals surface area contributed by atoms with Gasteiger partial charge in [-0.1, -0.05) is 60.5 Å². The summed E-state index contributed by atoms with van der Waals surface area (Å²) in [6, 6.07) is 0. The Morgan fingerprint density at radius 1 is 0.974 bits per heavy atom. The van der Waals surface area contributed by atoms with Crippen LogP contribution in [0.1, 0.15) is 112 Å². The van der Waals surface area contributed by atoms with Crippen LogP contribution in [0.25, 0.3) is 0 Å². The quantitative estimate of drug-likeness (QED) is 0.303. The van der Waals surface area contributed by atoms with Gasteiger partial charge in [0.1, 0.15) is 18.3 Å². The van der Waals surface area contributed by atoms with E-state index < -0.39 is 24.6 Å². The first-order valence-corrected chi connectivity index (χ1v) is 16.5. The van der Waals surface area contributed by atoms with Crippen molar-refractivity contribution in [2.24, 2.45) is 52.3 Å². The molecule has 224 valence electrons. The van der Waals surface area contributed by atoms with Gasteiger partial charge in [0, 0.05) is 0 Å². The molecule has 3 N–H and O–H groups in total. The average molecular weight is 547 g/mol. The predicted molar refractivity (Wildman–Crippen MR) is 155 cm³/mol. The maximum atomic E-state index is 10.5. The number of hydrogen-bond donors (Lipinski definition) is 3. The largest absolute Gasteiger partial charge is 0.388 e. The van der Waals surface area contributed by atoms with Crippen molar-refractivity contribution in [2.45, 2.75) is 143 Å². The minimum Gasteiger partial charge on any atom is -0.388 e. The molecule has 0 radical (unpaired) electrons. The zero-order valence-corrected chi connectivity index (χ0v) is 25.6. The Labute approximate surface area is 238 Å². The zero-order valence-electron chi connectivity index (χ0n) is 25.6. The SMILES string of the molecule is CCC(CCC(C)C1CCC2C3CC=C4C(OC5OCC(O)C(O)C5O)CCCC4(C)C3CCC12C)C(C)C. The first kappa shape index (κ1) is 30.0. The molecule has 13 unspecified atom stereocenters. The second kappa shape index (κ2) is 11.7. The lowest BCUT2D eigenvalue weighted by Crippen LogP contribution is -2.56. The molecule has 0 bridgehead atoms. The monoisotopic (exact) mass is 546 g/mol. The second-order valence-electron chi connectivity index (χ2n) is 15.2. The predicted octanol–water partition coefficient (Wildman–Crippen LogP) is 6.49. The molecule has 4 aliphatic carbocycles. The third-order valence-corrected chi connectivity index (χ3v) is 13.0. The highest BCUT2D eigenvalue weighted by molar-refractivity contribution is 5.28. The van der Waals surface area contributed by atoms with Crippen LogP contribution in [-0.2, 0) is 9.47 Å². The van der Waals surface area contributed by atoms with E-state index in [1.807, 2.05) is 0 Å². The zero-order chi connectivity index (χ0) is 28.1. The number of rotatable bonds is 8. The van der Waals surface area contributed by atoms with E-state index >= 15 is 0 Å². The summed E-state index contributed by atoms with van der Waals surface area (Å²) in [6.45, 7) is 14.9. The molecule has 0 amide bonds. The van der Waals surface area contributed by atoms with Crippen LogP contribution < -0.4 is 0 Å². The van der Waals surface area contributed by atoms with Gasteiger partial charge >= 0.3 is 0 Å². The van der Waals surface area contributed by atoms with Crippen LogP contribution in [0.4, 0.5) is 0 Å². The van der Waals surface area contributed by atoms with Crippen molar-refractivity contribution < 1.29 is 24.8 Å². The highest BCUT2D eigenvalue weighted by Gasteiger charge is 2.60. The normalized spacial score (nSPS) is 47.6. The van der Waals surface area contributed by atoms with Crippen molar-refractivity contribution in [2.75, 3.05) is 6.61 Å². The topological polar surface area (TPSA) is 79.2 Å². The third-order valence-electron chi connectivity index (χ3n) is 13.0. The summed E-state index contributed by atoms with van der Waals surface area (Å²) in [7, 11) is 0. The summed E-state index contributed by atoms with van der Waals surface area (Å²) in [5.41, 5.74) is 2.03. The average Bonchev–Trinajstić information content (AvgIpc) is 3.26. The van der Waals surface area contributed by atoms with E-state index in [2.05, 4.69) is 47.6 Å². The lowest BCUT2D eigenvalue weighted by molar-refractivity contribution is -0.282. The Balaban J connectivity index is 1.29. The van der Waals surface area contributed by atoms with Crippen LogP contribution in [0.2, 0.25) is 0 Å². The summed E-state index contributed by atoms with van der Waals surface area (Å²) in [5.74, 6) is 5.63. The van der Waals surface area contributed by atoms with Crippen LogP contribution in [0.3, 0.4) is 0 Å². The molecule has 0 aromatic carbocycles. The molecule has 1 saturated heterocycles. The van der Waals surface area contributed by atoms with Gasteiger partial charge in [-0.25, -0.2) is 0 Å². The molecule has 0 spiro atoms.